The molecular weight excluding hydrogens is 502 g/mol. The summed E-state index contributed by atoms with van der Waals surface area (Å²) < 4.78 is 24.8. The van der Waals surface area contributed by atoms with Gasteiger partial charge in [-0.2, -0.15) is 4.31 Å². The standard InChI is InChI=1S/C20H27N7O4S2.ClH/c1-13(28)23-20-25-16(8-5-14-3-6-15(7-4-14)24-19(21)22)17(32-20)18(29)26-9-11-27(12-10-26)33(2,30)31;/h3-4,6-7H,5,8-12H2,1-2H3,(H4,21,22,24)(H,23,25,28);1H. The predicted octanol–water partition coefficient (Wildman–Crippen LogP) is 0.931. The molecule has 5 N–H and O–H groups in total. The highest BCUT2D eigenvalue weighted by Crippen LogP contribution is 2.27. The maximum Gasteiger partial charge on any atom is 0.266 e. The first-order valence-electron chi connectivity index (χ1n) is 10.2. The number of rotatable bonds is 7. The molecule has 0 aliphatic carbocycles. The summed E-state index contributed by atoms with van der Waals surface area (Å²) in [5.41, 5.74) is 13.0. The number of amides is 2. The second-order valence-electron chi connectivity index (χ2n) is 7.63. The topological polar surface area (TPSA) is 164 Å². The van der Waals surface area contributed by atoms with Crippen LogP contribution in [0.4, 0.5) is 10.8 Å². The molecule has 34 heavy (non-hydrogen) atoms. The minimum atomic E-state index is -3.29. The average Bonchev–Trinajstić information content (AvgIpc) is 3.13. The molecular formula is C20H28ClN7O4S2. The number of anilines is 1. The van der Waals surface area contributed by atoms with Gasteiger partial charge in [0, 0.05) is 33.1 Å². The van der Waals surface area contributed by atoms with E-state index < -0.39 is 10.0 Å². The molecule has 1 aliphatic rings. The average molecular weight is 530 g/mol. The number of nitrogens with zero attached hydrogens (tertiary/aromatic N) is 4. The molecule has 0 atom stereocenters. The van der Waals surface area contributed by atoms with Crippen molar-refractivity contribution in [3.8, 4) is 0 Å². The molecule has 0 unspecified atom stereocenters. The Morgan fingerprint density at radius 1 is 1.12 bits per heavy atom. The van der Waals surface area contributed by atoms with Gasteiger partial charge < -0.3 is 21.7 Å². The van der Waals surface area contributed by atoms with Crippen LogP contribution in [0.2, 0.25) is 0 Å². The number of guanidine groups is 1. The number of nitrogens with two attached hydrogens (primary N) is 2. The number of carbonyl (C=O) groups is 2. The van der Waals surface area contributed by atoms with Crippen molar-refractivity contribution in [1.82, 2.24) is 14.2 Å². The Bertz CT molecular complexity index is 1150. The second-order valence-corrected chi connectivity index (χ2v) is 10.6. The molecule has 0 radical (unpaired) electrons. The number of sulfonamides is 1. The number of benzene rings is 1. The molecule has 1 saturated heterocycles. The number of halogens is 1. The van der Waals surface area contributed by atoms with Crippen molar-refractivity contribution in [2.75, 3.05) is 37.8 Å². The zero-order chi connectivity index (χ0) is 24.2. The lowest BCUT2D eigenvalue weighted by Crippen LogP contribution is -2.50. The van der Waals surface area contributed by atoms with Crippen LogP contribution in [-0.4, -0.2) is 72.8 Å². The number of nitrogens with one attached hydrogen (secondary N) is 1. The summed E-state index contributed by atoms with van der Waals surface area (Å²) >= 11 is 1.13. The smallest absolute Gasteiger partial charge is 0.266 e. The normalized spacial score (nSPS) is 14.2. The van der Waals surface area contributed by atoms with Crippen LogP contribution in [0.3, 0.4) is 0 Å². The first-order valence-corrected chi connectivity index (χ1v) is 12.9. The lowest BCUT2D eigenvalue weighted by molar-refractivity contribution is -0.114. The Balaban J connectivity index is 0.00000408. The summed E-state index contributed by atoms with van der Waals surface area (Å²) in [6, 6.07) is 7.39. The summed E-state index contributed by atoms with van der Waals surface area (Å²) in [4.78, 5) is 35.2. The van der Waals surface area contributed by atoms with Crippen LogP contribution in [0.15, 0.2) is 29.3 Å². The number of hydrogen-bond donors (Lipinski definition) is 3. The van der Waals surface area contributed by atoms with Crippen molar-refractivity contribution in [2.24, 2.45) is 16.5 Å². The molecule has 1 aliphatic heterocycles. The van der Waals surface area contributed by atoms with E-state index in [4.69, 9.17) is 11.5 Å². The Morgan fingerprint density at radius 2 is 1.74 bits per heavy atom. The van der Waals surface area contributed by atoms with E-state index in [2.05, 4.69) is 15.3 Å². The lowest BCUT2D eigenvalue weighted by atomic mass is 10.1. The molecule has 3 rings (SSSR count). The molecule has 1 fully saturated rings. The van der Waals surface area contributed by atoms with E-state index in [1.54, 1.807) is 17.0 Å². The minimum absolute atomic E-state index is 0. The summed E-state index contributed by atoms with van der Waals surface area (Å²) in [6.07, 6.45) is 2.27. The summed E-state index contributed by atoms with van der Waals surface area (Å²) in [5.74, 6) is -0.502. The molecule has 11 nitrogen and oxygen atoms in total. The first kappa shape index (κ1) is 27.5. The third-order valence-electron chi connectivity index (χ3n) is 5.01. The zero-order valence-corrected chi connectivity index (χ0v) is 21.3. The van der Waals surface area contributed by atoms with Gasteiger partial charge in [-0.3, -0.25) is 9.59 Å². The summed E-state index contributed by atoms with van der Waals surface area (Å²) in [6.45, 7) is 2.47. The van der Waals surface area contributed by atoms with E-state index in [0.717, 1.165) is 23.2 Å². The number of hydrogen-bond acceptors (Lipinski definition) is 7. The molecule has 0 bridgehead atoms. The van der Waals surface area contributed by atoms with Crippen molar-refractivity contribution < 1.29 is 18.0 Å². The van der Waals surface area contributed by atoms with Crippen LogP contribution in [0, 0.1) is 0 Å². The van der Waals surface area contributed by atoms with E-state index in [1.165, 1.54) is 11.2 Å². The zero-order valence-electron chi connectivity index (χ0n) is 18.9. The van der Waals surface area contributed by atoms with Crippen molar-refractivity contribution in [3.05, 3.63) is 40.4 Å². The first-order chi connectivity index (χ1) is 15.5. The number of aryl methyl sites for hydroxylation is 2. The molecule has 14 heteroatoms. The van der Waals surface area contributed by atoms with Crippen LogP contribution in [-0.2, 0) is 27.7 Å². The SMILES string of the molecule is CC(=O)Nc1nc(CCc2ccc(N=C(N)N)cc2)c(C(=O)N2CCN(S(C)(=O)=O)CC2)s1.Cl. The number of carbonyl (C=O) groups excluding carboxylic acids is 2. The van der Waals surface area contributed by atoms with E-state index in [1.807, 2.05) is 12.1 Å². The van der Waals surface area contributed by atoms with Crippen molar-refractivity contribution >= 4 is 62.4 Å². The van der Waals surface area contributed by atoms with Gasteiger partial charge in [-0.05, 0) is 30.5 Å². The number of piperazine rings is 1. The van der Waals surface area contributed by atoms with Crippen molar-refractivity contribution in [2.45, 2.75) is 19.8 Å². The van der Waals surface area contributed by atoms with Crippen LogP contribution in [0.5, 0.6) is 0 Å². The van der Waals surface area contributed by atoms with Gasteiger partial charge in [-0.25, -0.2) is 18.4 Å². The van der Waals surface area contributed by atoms with Gasteiger partial charge >= 0.3 is 0 Å². The molecule has 1 aromatic heterocycles. The molecule has 0 saturated carbocycles. The molecule has 186 valence electrons. The third kappa shape index (κ3) is 7.38. The van der Waals surface area contributed by atoms with Gasteiger partial charge in [0.25, 0.3) is 5.91 Å². The Labute approximate surface area is 208 Å². The fourth-order valence-corrected chi connectivity index (χ4v) is 5.26. The van der Waals surface area contributed by atoms with E-state index in [-0.39, 0.29) is 43.3 Å². The highest BCUT2D eigenvalue weighted by molar-refractivity contribution is 7.88. The quantitative estimate of drug-likeness (QED) is 0.354. The Hall–Kier alpha value is -2.74. The van der Waals surface area contributed by atoms with Crippen LogP contribution < -0.4 is 16.8 Å². The molecule has 2 aromatic rings. The lowest BCUT2D eigenvalue weighted by Gasteiger charge is -2.33. The molecule has 2 amide bonds. The van der Waals surface area contributed by atoms with Gasteiger partial charge in [0.15, 0.2) is 11.1 Å². The third-order valence-corrected chi connectivity index (χ3v) is 7.32. The van der Waals surface area contributed by atoms with Crippen LogP contribution in [0.25, 0.3) is 0 Å². The van der Waals surface area contributed by atoms with Gasteiger partial charge in [-0.1, -0.05) is 23.5 Å². The minimum Gasteiger partial charge on any atom is -0.370 e. The highest BCUT2D eigenvalue weighted by Gasteiger charge is 2.29. The molecule has 2 heterocycles. The Morgan fingerprint density at radius 3 is 2.26 bits per heavy atom. The van der Waals surface area contributed by atoms with Gasteiger partial charge in [0.05, 0.1) is 17.6 Å². The number of aliphatic imine (C=N–C) groups is 1. The van der Waals surface area contributed by atoms with Crippen molar-refractivity contribution in [1.29, 1.82) is 0 Å². The van der Waals surface area contributed by atoms with E-state index >= 15 is 0 Å². The second kappa shape index (κ2) is 11.6. The van der Waals surface area contributed by atoms with Gasteiger partial charge in [-0.15, -0.1) is 12.4 Å². The maximum atomic E-state index is 13.2. The molecule has 0 spiro atoms. The Kier molecular flexibility index (Phi) is 9.38. The van der Waals surface area contributed by atoms with E-state index in [0.29, 0.717) is 47.3 Å². The summed E-state index contributed by atoms with van der Waals surface area (Å²) in [7, 11) is -3.29. The maximum absolute atomic E-state index is 13.2. The van der Waals surface area contributed by atoms with Gasteiger partial charge in [0.2, 0.25) is 15.9 Å². The largest absolute Gasteiger partial charge is 0.370 e. The van der Waals surface area contributed by atoms with Crippen molar-refractivity contribution in [3.63, 3.8) is 0 Å². The summed E-state index contributed by atoms with van der Waals surface area (Å²) in [5, 5.41) is 3.01. The number of aromatic nitrogens is 1. The molecule has 1 aromatic carbocycles. The fraction of sp³-hybridized carbons (Fsp3) is 0.400. The monoisotopic (exact) mass is 529 g/mol. The van der Waals surface area contributed by atoms with Crippen LogP contribution in [0.1, 0.15) is 27.9 Å². The highest BCUT2D eigenvalue weighted by atomic mass is 35.5. The van der Waals surface area contributed by atoms with E-state index in [9.17, 15) is 18.0 Å². The van der Waals surface area contributed by atoms with Gasteiger partial charge in [0.1, 0.15) is 4.88 Å². The predicted molar refractivity (Wildman–Crippen MR) is 135 cm³/mol. The number of thiazole rings is 1. The fourth-order valence-electron chi connectivity index (χ4n) is 3.41. The van der Waals surface area contributed by atoms with Crippen LogP contribution >= 0.6 is 23.7 Å².